The minimum atomic E-state index is 0.438. The van der Waals surface area contributed by atoms with Crippen LogP contribution in [0.4, 0.5) is 17.3 Å². The summed E-state index contributed by atoms with van der Waals surface area (Å²) in [6.07, 6.45) is 0. The zero-order valence-corrected chi connectivity index (χ0v) is 13.9. The van der Waals surface area contributed by atoms with Gasteiger partial charge in [-0.25, -0.2) is 4.98 Å². The van der Waals surface area contributed by atoms with E-state index in [1.165, 1.54) is 0 Å². The van der Waals surface area contributed by atoms with E-state index < -0.39 is 0 Å². The molecule has 1 aromatic heterocycles. The fourth-order valence-electron chi connectivity index (χ4n) is 1.62. The Morgan fingerprint density at radius 1 is 1.10 bits per heavy atom. The minimum Gasteiger partial charge on any atom is -0.497 e. The fourth-order valence-corrected chi connectivity index (χ4v) is 2.59. The average molecular weight is 377 g/mol. The predicted octanol–water partition coefficient (Wildman–Crippen LogP) is 4.94. The number of nitrogens with zero attached hydrogens (tertiary/aromatic N) is 1. The van der Waals surface area contributed by atoms with Crippen LogP contribution in [-0.4, -0.2) is 19.1 Å². The van der Waals surface area contributed by atoms with Crippen LogP contribution >= 0.6 is 39.1 Å². The summed E-state index contributed by atoms with van der Waals surface area (Å²) < 4.78 is 6.10. The van der Waals surface area contributed by atoms with Gasteiger partial charge in [-0.2, -0.15) is 0 Å². The molecular weight excluding hydrogens is 365 g/mol. The number of halogens is 3. The number of hydrogen-bond donors (Lipinski definition) is 2. The second-order valence-electron chi connectivity index (χ2n) is 3.90. The summed E-state index contributed by atoms with van der Waals surface area (Å²) in [6, 6.07) is 7.24. The van der Waals surface area contributed by atoms with Gasteiger partial charge in [-0.3, -0.25) is 0 Å². The molecule has 0 unspecified atom stereocenters. The van der Waals surface area contributed by atoms with Crippen LogP contribution in [0.1, 0.15) is 0 Å². The number of hydrogen-bond acceptors (Lipinski definition) is 4. The van der Waals surface area contributed by atoms with Crippen molar-refractivity contribution in [1.29, 1.82) is 0 Å². The normalized spacial score (nSPS) is 10.2. The van der Waals surface area contributed by atoms with E-state index in [4.69, 9.17) is 27.9 Å². The predicted molar refractivity (Wildman–Crippen MR) is 87.8 cm³/mol. The summed E-state index contributed by atoms with van der Waals surface area (Å²) in [5.74, 6) is 1.79. The first-order chi connectivity index (χ1) is 9.53. The van der Waals surface area contributed by atoms with Crippen molar-refractivity contribution in [3.05, 3.63) is 38.8 Å². The van der Waals surface area contributed by atoms with Crippen molar-refractivity contribution >= 4 is 56.5 Å². The van der Waals surface area contributed by atoms with Crippen molar-refractivity contribution in [3.63, 3.8) is 0 Å². The van der Waals surface area contributed by atoms with Gasteiger partial charge in [-0.1, -0.05) is 39.1 Å². The molecule has 106 valence electrons. The topological polar surface area (TPSA) is 46.2 Å². The van der Waals surface area contributed by atoms with E-state index in [0.29, 0.717) is 21.7 Å². The Morgan fingerprint density at radius 2 is 1.80 bits per heavy atom. The summed E-state index contributed by atoms with van der Waals surface area (Å²) in [6.45, 7) is 0. The molecule has 0 saturated carbocycles. The van der Waals surface area contributed by atoms with Crippen molar-refractivity contribution in [2.45, 2.75) is 0 Å². The Hall–Kier alpha value is -1.17. The van der Waals surface area contributed by atoms with E-state index in [-0.39, 0.29) is 0 Å². The summed E-state index contributed by atoms with van der Waals surface area (Å²) in [4.78, 5) is 4.33. The molecule has 0 aliphatic heterocycles. The van der Waals surface area contributed by atoms with E-state index in [2.05, 4.69) is 31.5 Å². The Bertz CT molecular complexity index is 637. The van der Waals surface area contributed by atoms with Crippen molar-refractivity contribution in [2.75, 3.05) is 24.8 Å². The van der Waals surface area contributed by atoms with E-state index in [1.54, 1.807) is 20.2 Å². The van der Waals surface area contributed by atoms with Gasteiger partial charge in [-0.15, -0.1) is 0 Å². The van der Waals surface area contributed by atoms with Crippen molar-refractivity contribution in [2.24, 2.45) is 0 Å². The highest BCUT2D eigenvalue weighted by Crippen LogP contribution is 2.32. The molecule has 20 heavy (non-hydrogen) atoms. The first-order valence-electron chi connectivity index (χ1n) is 5.69. The van der Waals surface area contributed by atoms with E-state index in [1.807, 2.05) is 18.2 Å². The zero-order chi connectivity index (χ0) is 14.7. The molecular formula is C13H12BrCl2N3O. The first-order valence-corrected chi connectivity index (χ1v) is 7.23. The van der Waals surface area contributed by atoms with Gasteiger partial charge in [0.2, 0.25) is 0 Å². The number of pyridine rings is 1. The Labute approximate surface area is 135 Å². The highest BCUT2D eigenvalue weighted by atomic mass is 79.9. The second-order valence-corrected chi connectivity index (χ2v) is 5.63. The third-order valence-corrected chi connectivity index (χ3v) is 3.57. The zero-order valence-electron chi connectivity index (χ0n) is 10.8. The number of benzene rings is 1. The largest absolute Gasteiger partial charge is 0.497 e. The van der Waals surface area contributed by atoms with Crippen LogP contribution in [0.15, 0.2) is 28.7 Å². The number of methoxy groups -OCH3 is 1. The maximum atomic E-state index is 6.14. The summed E-state index contributed by atoms with van der Waals surface area (Å²) in [7, 11) is 3.35. The molecule has 0 aliphatic rings. The molecule has 4 nitrogen and oxygen atoms in total. The summed E-state index contributed by atoms with van der Waals surface area (Å²) >= 11 is 15.6. The molecule has 2 N–H and O–H groups in total. The molecule has 0 amide bonds. The molecule has 1 heterocycles. The van der Waals surface area contributed by atoms with Gasteiger partial charge in [0.05, 0.1) is 17.2 Å². The van der Waals surface area contributed by atoms with Crippen LogP contribution in [0.5, 0.6) is 5.75 Å². The number of anilines is 3. The summed E-state index contributed by atoms with van der Waals surface area (Å²) in [5, 5.41) is 6.95. The van der Waals surface area contributed by atoms with Gasteiger partial charge < -0.3 is 15.4 Å². The molecule has 0 bridgehead atoms. The first kappa shape index (κ1) is 15.2. The van der Waals surface area contributed by atoms with Crippen LogP contribution in [0.3, 0.4) is 0 Å². The standard InChI is InChI=1S/C13H12BrCl2N3O/c1-17-12-10(15)6-11(16)13(19-12)18-8-3-7(14)4-9(5-8)20-2/h3-6H,1-2H3,(H2,17,18,19). The average Bonchev–Trinajstić information content (AvgIpc) is 2.41. The number of rotatable bonds is 4. The molecule has 0 aliphatic carbocycles. The Balaban J connectivity index is 2.36. The SMILES string of the molecule is CNc1nc(Nc2cc(Br)cc(OC)c2)c(Cl)cc1Cl. The second kappa shape index (κ2) is 6.52. The van der Waals surface area contributed by atoms with Crippen molar-refractivity contribution in [1.82, 2.24) is 4.98 Å². The molecule has 0 saturated heterocycles. The minimum absolute atomic E-state index is 0.438. The molecule has 7 heteroatoms. The monoisotopic (exact) mass is 375 g/mol. The van der Waals surface area contributed by atoms with Gasteiger partial charge in [0.15, 0.2) is 5.82 Å². The maximum absolute atomic E-state index is 6.14. The quantitative estimate of drug-likeness (QED) is 0.792. The van der Waals surface area contributed by atoms with E-state index in [9.17, 15) is 0 Å². The molecule has 0 fully saturated rings. The van der Waals surface area contributed by atoms with Gasteiger partial charge >= 0.3 is 0 Å². The summed E-state index contributed by atoms with van der Waals surface area (Å²) in [5.41, 5.74) is 0.801. The number of ether oxygens (including phenoxy) is 1. The molecule has 2 aromatic rings. The van der Waals surface area contributed by atoms with Gasteiger partial charge in [0.1, 0.15) is 11.6 Å². The lowest BCUT2D eigenvalue weighted by Crippen LogP contribution is -2.00. The van der Waals surface area contributed by atoms with E-state index in [0.717, 1.165) is 15.9 Å². The molecule has 0 radical (unpaired) electrons. The Kier molecular flexibility index (Phi) is 4.96. The van der Waals surface area contributed by atoms with Crippen LogP contribution in [0, 0.1) is 0 Å². The molecule has 0 atom stereocenters. The smallest absolute Gasteiger partial charge is 0.151 e. The fraction of sp³-hybridized carbons (Fsp3) is 0.154. The Morgan fingerprint density at radius 3 is 2.45 bits per heavy atom. The van der Waals surface area contributed by atoms with Crippen LogP contribution in [0.2, 0.25) is 10.0 Å². The van der Waals surface area contributed by atoms with Crippen LogP contribution < -0.4 is 15.4 Å². The third kappa shape index (κ3) is 3.48. The lowest BCUT2D eigenvalue weighted by atomic mass is 10.3. The number of aromatic nitrogens is 1. The highest BCUT2D eigenvalue weighted by Gasteiger charge is 2.09. The lowest BCUT2D eigenvalue weighted by Gasteiger charge is -2.12. The van der Waals surface area contributed by atoms with E-state index >= 15 is 0 Å². The molecule has 2 rings (SSSR count). The lowest BCUT2D eigenvalue weighted by molar-refractivity contribution is 0.415. The van der Waals surface area contributed by atoms with Crippen LogP contribution in [-0.2, 0) is 0 Å². The number of nitrogens with one attached hydrogen (secondary N) is 2. The van der Waals surface area contributed by atoms with Gasteiger partial charge in [0, 0.05) is 23.3 Å². The maximum Gasteiger partial charge on any atom is 0.151 e. The van der Waals surface area contributed by atoms with Crippen LogP contribution in [0.25, 0.3) is 0 Å². The van der Waals surface area contributed by atoms with Gasteiger partial charge in [-0.05, 0) is 18.2 Å². The molecule has 0 spiro atoms. The highest BCUT2D eigenvalue weighted by molar-refractivity contribution is 9.10. The van der Waals surface area contributed by atoms with Gasteiger partial charge in [0.25, 0.3) is 0 Å². The van der Waals surface area contributed by atoms with Crippen molar-refractivity contribution < 1.29 is 4.74 Å². The molecule has 1 aromatic carbocycles. The third-order valence-electron chi connectivity index (χ3n) is 2.54. The van der Waals surface area contributed by atoms with Crippen molar-refractivity contribution in [3.8, 4) is 5.75 Å².